The summed E-state index contributed by atoms with van der Waals surface area (Å²) in [5, 5.41) is 11.7. The summed E-state index contributed by atoms with van der Waals surface area (Å²) in [6, 6.07) is 11.4. The van der Waals surface area contributed by atoms with Gasteiger partial charge in [-0.1, -0.05) is 18.2 Å². The molecule has 1 fully saturated rings. The number of aromatic nitrogens is 1. The standard InChI is InChI=1S/C19H20N4O4/c24-17(16-3-1-2-8-20-16)22-9-11-23(12-10-22)19(27)21-13-14-4-6-15(7-5-14)18(25)26/h1-8H,9-13H2,(H,21,27)(H,25,26). The number of hydrogen-bond donors (Lipinski definition) is 2. The van der Waals surface area contributed by atoms with E-state index in [1.165, 1.54) is 12.1 Å². The molecule has 0 unspecified atom stereocenters. The van der Waals surface area contributed by atoms with Gasteiger partial charge in [-0.3, -0.25) is 9.78 Å². The molecule has 1 aromatic carbocycles. The Morgan fingerprint density at radius 1 is 0.963 bits per heavy atom. The average molecular weight is 368 g/mol. The molecule has 2 heterocycles. The summed E-state index contributed by atoms with van der Waals surface area (Å²) in [7, 11) is 0. The molecule has 1 aliphatic rings. The maximum absolute atomic E-state index is 12.4. The van der Waals surface area contributed by atoms with E-state index in [4.69, 9.17) is 5.11 Å². The minimum absolute atomic E-state index is 0.130. The number of benzene rings is 1. The van der Waals surface area contributed by atoms with Crippen molar-refractivity contribution in [1.82, 2.24) is 20.1 Å². The van der Waals surface area contributed by atoms with Crippen LogP contribution in [0.2, 0.25) is 0 Å². The van der Waals surface area contributed by atoms with Crippen LogP contribution in [0.3, 0.4) is 0 Å². The molecule has 0 bridgehead atoms. The van der Waals surface area contributed by atoms with Gasteiger partial charge in [0.15, 0.2) is 0 Å². The van der Waals surface area contributed by atoms with Crippen molar-refractivity contribution in [2.24, 2.45) is 0 Å². The molecule has 0 radical (unpaired) electrons. The minimum atomic E-state index is -0.983. The van der Waals surface area contributed by atoms with Gasteiger partial charge in [0.2, 0.25) is 0 Å². The number of hydrogen-bond acceptors (Lipinski definition) is 4. The summed E-state index contributed by atoms with van der Waals surface area (Å²) < 4.78 is 0. The van der Waals surface area contributed by atoms with Crippen molar-refractivity contribution in [2.45, 2.75) is 6.54 Å². The fourth-order valence-electron chi connectivity index (χ4n) is 2.82. The molecular weight excluding hydrogens is 348 g/mol. The molecule has 2 aromatic rings. The maximum atomic E-state index is 12.4. The van der Waals surface area contributed by atoms with E-state index in [1.807, 2.05) is 0 Å². The summed E-state index contributed by atoms with van der Waals surface area (Å²) in [5.74, 6) is -1.11. The largest absolute Gasteiger partial charge is 0.478 e. The Kier molecular flexibility index (Phi) is 5.65. The third-order valence-corrected chi connectivity index (χ3v) is 4.38. The lowest BCUT2D eigenvalue weighted by Gasteiger charge is -2.34. The molecule has 1 aromatic heterocycles. The molecule has 2 N–H and O–H groups in total. The zero-order valence-corrected chi connectivity index (χ0v) is 14.7. The van der Waals surface area contributed by atoms with E-state index in [9.17, 15) is 14.4 Å². The Labute approximate surface area is 156 Å². The number of carboxylic acids is 1. The number of rotatable bonds is 4. The van der Waals surface area contributed by atoms with E-state index in [-0.39, 0.29) is 17.5 Å². The molecule has 1 aliphatic heterocycles. The highest BCUT2D eigenvalue weighted by Gasteiger charge is 2.25. The molecule has 1 saturated heterocycles. The van der Waals surface area contributed by atoms with Crippen LogP contribution in [0, 0.1) is 0 Å². The summed E-state index contributed by atoms with van der Waals surface area (Å²) in [6.07, 6.45) is 1.58. The van der Waals surface area contributed by atoms with Gasteiger partial charge in [-0.05, 0) is 29.8 Å². The SMILES string of the molecule is O=C(O)c1ccc(CNC(=O)N2CCN(C(=O)c3ccccn3)CC2)cc1. The maximum Gasteiger partial charge on any atom is 0.335 e. The number of nitrogens with one attached hydrogen (secondary N) is 1. The van der Waals surface area contributed by atoms with Crippen molar-refractivity contribution in [1.29, 1.82) is 0 Å². The van der Waals surface area contributed by atoms with Crippen LogP contribution in [-0.2, 0) is 6.54 Å². The molecule has 140 valence electrons. The lowest BCUT2D eigenvalue weighted by molar-refractivity contribution is 0.0658. The van der Waals surface area contributed by atoms with E-state index < -0.39 is 5.97 Å². The topological polar surface area (TPSA) is 103 Å². The van der Waals surface area contributed by atoms with Crippen molar-refractivity contribution >= 4 is 17.9 Å². The Bertz CT molecular complexity index is 815. The molecule has 8 heteroatoms. The quantitative estimate of drug-likeness (QED) is 0.850. The van der Waals surface area contributed by atoms with Crippen LogP contribution in [0.4, 0.5) is 4.79 Å². The van der Waals surface area contributed by atoms with Gasteiger partial charge in [0, 0.05) is 38.9 Å². The Morgan fingerprint density at radius 3 is 2.22 bits per heavy atom. The van der Waals surface area contributed by atoms with Gasteiger partial charge in [0.05, 0.1) is 5.56 Å². The number of amides is 3. The van der Waals surface area contributed by atoms with Crippen LogP contribution in [0.1, 0.15) is 26.4 Å². The Balaban J connectivity index is 1.47. The van der Waals surface area contributed by atoms with Gasteiger partial charge < -0.3 is 20.2 Å². The highest BCUT2D eigenvalue weighted by molar-refractivity contribution is 5.92. The smallest absolute Gasteiger partial charge is 0.335 e. The van der Waals surface area contributed by atoms with Crippen molar-refractivity contribution in [3.8, 4) is 0 Å². The van der Waals surface area contributed by atoms with E-state index in [2.05, 4.69) is 10.3 Å². The van der Waals surface area contributed by atoms with E-state index in [1.54, 1.807) is 46.3 Å². The van der Waals surface area contributed by atoms with Crippen molar-refractivity contribution in [2.75, 3.05) is 26.2 Å². The normalized spacial score (nSPS) is 13.9. The number of aromatic carboxylic acids is 1. The summed E-state index contributed by atoms with van der Waals surface area (Å²) in [4.78, 5) is 42.9. The molecule has 0 saturated carbocycles. The number of piperazine rings is 1. The summed E-state index contributed by atoms with van der Waals surface area (Å²) >= 11 is 0. The molecule has 0 atom stereocenters. The van der Waals surface area contributed by atoms with Gasteiger partial charge in [0.1, 0.15) is 5.69 Å². The molecule has 0 spiro atoms. The summed E-state index contributed by atoms with van der Waals surface area (Å²) in [5.41, 5.74) is 1.43. The van der Waals surface area contributed by atoms with E-state index in [0.29, 0.717) is 38.4 Å². The molecule has 0 aliphatic carbocycles. The fraction of sp³-hybridized carbons (Fsp3) is 0.263. The van der Waals surface area contributed by atoms with Gasteiger partial charge in [0.25, 0.3) is 5.91 Å². The average Bonchev–Trinajstić information content (AvgIpc) is 2.72. The van der Waals surface area contributed by atoms with Crippen LogP contribution < -0.4 is 5.32 Å². The van der Waals surface area contributed by atoms with Gasteiger partial charge in [-0.25, -0.2) is 9.59 Å². The Morgan fingerprint density at radius 2 is 1.63 bits per heavy atom. The van der Waals surface area contributed by atoms with Crippen molar-refractivity contribution in [3.05, 3.63) is 65.5 Å². The van der Waals surface area contributed by atoms with Crippen LogP contribution in [0.5, 0.6) is 0 Å². The van der Waals surface area contributed by atoms with Gasteiger partial charge in [-0.2, -0.15) is 0 Å². The number of carbonyl (C=O) groups is 3. The second-order valence-electron chi connectivity index (χ2n) is 6.16. The minimum Gasteiger partial charge on any atom is -0.478 e. The molecule has 8 nitrogen and oxygen atoms in total. The van der Waals surface area contributed by atoms with E-state index >= 15 is 0 Å². The van der Waals surface area contributed by atoms with Crippen LogP contribution >= 0.6 is 0 Å². The monoisotopic (exact) mass is 368 g/mol. The first kappa shape index (κ1) is 18.4. The third-order valence-electron chi connectivity index (χ3n) is 4.38. The predicted octanol–water partition coefficient (Wildman–Crippen LogP) is 1.45. The first-order chi connectivity index (χ1) is 13.0. The third kappa shape index (κ3) is 4.60. The second kappa shape index (κ2) is 8.31. The lowest BCUT2D eigenvalue weighted by atomic mass is 10.1. The van der Waals surface area contributed by atoms with Gasteiger partial charge >= 0.3 is 12.0 Å². The summed E-state index contributed by atoms with van der Waals surface area (Å²) in [6.45, 7) is 2.11. The zero-order chi connectivity index (χ0) is 19.2. The molecule has 27 heavy (non-hydrogen) atoms. The van der Waals surface area contributed by atoms with Crippen LogP contribution in [0.25, 0.3) is 0 Å². The van der Waals surface area contributed by atoms with Crippen LogP contribution in [0.15, 0.2) is 48.7 Å². The molecule has 3 rings (SSSR count). The zero-order valence-electron chi connectivity index (χ0n) is 14.7. The number of nitrogens with zero attached hydrogens (tertiary/aromatic N) is 3. The first-order valence-electron chi connectivity index (χ1n) is 8.60. The number of carboxylic acid groups (broad SMARTS) is 1. The number of carbonyl (C=O) groups excluding carboxylic acids is 2. The highest BCUT2D eigenvalue weighted by atomic mass is 16.4. The second-order valence-corrected chi connectivity index (χ2v) is 6.16. The van der Waals surface area contributed by atoms with E-state index in [0.717, 1.165) is 5.56 Å². The first-order valence-corrected chi connectivity index (χ1v) is 8.60. The van der Waals surface area contributed by atoms with Crippen LogP contribution in [-0.4, -0.2) is 64.0 Å². The van der Waals surface area contributed by atoms with Gasteiger partial charge in [-0.15, -0.1) is 0 Å². The van der Waals surface area contributed by atoms with Crippen molar-refractivity contribution < 1.29 is 19.5 Å². The van der Waals surface area contributed by atoms with Crippen molar-refractivity contribution in [3.63, 3.8) is 0 Å². The number of pyridine rings is 1. The highest BCUT2D eigenvalue weighted by Crippen LogP contribution is 2.08. The number of urea groups is 1. The Hall–Kier alpha value is -3.42. The molecule has 3 amide bonds. The lowest BCUT2D eigenvalue weighted by Crippen LogP contribution is -2.53. The molecular formula is C19H20N4O4. The predicted molar refractivity (Wildman–Crippen MR) is 97.4 cm³/mol. The fourth-order valence-corrected chi connectivity index (χ4v) is 2.82.